The number of ether oxygens (including phenoxy) is 1. The molecule has 5 N–H and O–H groups in total. The van der Waals surface area contributed by atoms with Crippen LogP contribution in [-0.2, 0) is 18.6 Å². The molecule has 2 aromatic rings. The fourth-order valence-electron chi connectivity index (χ4n) is 2.88. The standard InChI is InChI=1S/C18H21BrFN4O8P/c1-10(15(26)27)23-33(29,32-11-5-3-2-4-6-11)30-9-12-14(25)18(19,20)16(31-12)24-8-7-13(21)22-17(24)28/h2-8,10,12,14,16,25H,9H2,1H3,(H,23,29)(H,26,27)(H2,21,22,28)/t10-,12+,14+,16+,18-,33?/m0/s1. The highest BCUT2D eigenvalue weighted by molar-refractivity contribution is 9.10. The first kappa shape index (κ1) is 25.3. The highest BCUT2D eigenvalue weighted by atomic mass is 79.9. The summed E-state index contributed by atoms with van der Waals surface area (Å²) < 4.78 is 42.7. The van der Waals surface area contributed by atoms with Crippen LogP contribution >= 0.6 is 23.7 Å². The summed E-state index contributed by atoms with van der Waals surface area (Å²) in [6, 6.07) is 7.70. The van der Waals surface area contributed by atoms with Gasteiger partial charge in [-0.1, -0.05) is 18.2 Å². The summed E-state index contributed by atoms with van der Waals surface area (Å²) in [7, 11) is -4.34. The normalized spacial score (nSPS) is 27.6. The number of hydrogen-bond acceptors (Lipinski definition) is 9. The largest absolute Gasteiger partial charge is 0.480 e. The van der Waals surface area contributed by atoms with Crippen molar-refractivity contribution in [2.45, 2.75) is 36.0 Å². The Morgan fingerprint density at radius 1 is 1.45 bits per heavy atom. The van der Waals surface area contributed by atoms with Crippen LogP contribution in [0.1, 0.15) is 13.2 Å². The first-order chi connectivity index (χ1) is 15.4. The molecule has 33 heavy (non-hydrogen) atoms. The molecule has 0 saturated carbocycles. The number of nitrogens with zero attached hydrogens (tertiary/aromatic N) is 2. The van der Waals surface area contributed by atoms with Crippen molar-refractivity contribution in [1.29, 1.82) is 0 Å². The maximum absolute atomic E-state index is 15.2. The van der Waals surface area contributed by atoms with Crippen molar-refractivity contribution in [2.75, 3.05) is 12.3 Å². The summed E-state index contributed by atoms with van der Waals surface area (Å²) in [5, 5.41) is 21.8. The van der Waals surface area contributed by atoms with E-state index in [9.17, 15) is 19.3 Å². The molecule has 0 amide bonds. The predicted molar refractivity (Wildman–Crippen MR) is 116 cm³/mol. The average molecular weight is 551 g/mol. The van der Waals surface area contributed by atoms with E-state index in [4.69, 9.17) is 24.6 Å². The van der Waals surface area contributed by atoms with Gasteiger partial charge >= 0.3 is 19.4 Å². The first-order valence-corrected chi connectivity index (χ1v) is 11.8. The predicted octanol–water partition coefficient (Wildman–Crippen LogP) is 1.41. The Bertz CT molecular complexity index is 1100. The SMILES string of the molecule is C[C@H](NP(=O)(OC[C@H]1O[C@@H](n2ccc(N)nc2=O)[C@](F)(Br)[C@@H]1O)Oc1ccccc1)C(=O)O. The van der Waals surface area contributed by atoms with E-state index in [-0.39, 0.29) is 11.6 Å². The van der Waals surface area contributed by atoms with Gasteiger partial charge in [0.15, 0.2) is 6.23 Å². The molecule has 0 radical (unpaired) electrons. The Kier molecular flexibility index (Phi) is 7.56. The number of nitrogens with one attached hydrogen (secondary N) is 1. The molecule has 1 unspecified atom stereocenters. The number of aliphatic carboxylic acids is 1. The van der Waals surface area contributed by atoms with Gasteiger partial charge in [0.05, 0.1) is 6.61 Å². The zero-order valence-corrected chi connectivity index (χ0v) is 19.6. The Balaban J connectivity index is 1.80. The molecule has 0 bridgehead atoms. The molecule has 12 nitrogen and oxygen atoms in total. The lowest BCUT2D eigenvalue weighted by Gasteiger charge is -2.24. The van der Waals surface area contributed by atoms with E-state index in [1.54, 1.807) is 18.2 Å². The van der Waals surface area contributed by atoms with E-state index in [0.717, 1.165) is 10.8 Å². The molecule has 1 aromatic heterocycles. The lowest BCUT2D eigenvalue weighted by molar-refractivity contribution is -0.138. The number of benzene rings is 1. The number of carboxylic acids is 1. The minimum absolute atomic E-state index is 0.0914. The molecule has 6 atom stereocenters. The van der Waals surface area contributed by atoms with Crippen LogP contribution < -0.4 is 21.0 Å². The second kappa shape index (κ2) is 9.87. The molecule has 1 aliphatic heterocycles. The number of aliphatic hydroxyl groups excluding tert-OH is 1. The fourth-order valence-corrected chi connectivity index (χ4v) is 5.01. The van der Waals surface area contributed by atoms with Crippen LogP contribution in [0.2, 0.25) is 0 Å². The minimum atomic E-state index is -4.34. The van der Waals surface area contributed by atoms with E-state index in [0.29, 0.717) is 0 Å². The molecule has 3 rings (SSSR count). The van der Waals surface area contributed by atoms with Gasteiger partial charge in [-0.05, 0) is 41.1 Å². The van der Waals surface area contributed by atoms with Gasteiger partial charge in [-0.2, -0.15) is 10.1 Å². The van der Waals surface area contributed by atoms with Crippen molar-refractivity contribution in [1.82, 2.24) is 14.6 Å². The molecule has 180 valence electrons. The zero-order chi connectivity index (χ0) is 24.4. The lowest BCUT2D eigenvalue weighted by atomic mass is 10.1. The van der Waals surface area contributed by atoms with Gasteiger partial charge < -0.3 is 25.2 Å². The third kappa shape index (κ3) is 5.78. The average Bonchev–Trinajstić information content (AvgIpc) is 2.96. The number of carbonyl (C=O) groups is 1. The van der Waals surface area contributed by atoms with Gasteiger partial charge in [-0.25, -0.2) is 13.8 Å². The lowest BCUT2D eigenvalue weighted by Crippen LogP contribution is -2.41. The number of anilines is 1. The number of nitrogen functional groups attached to an aromatic ring is 1. The smallest absolute Gasteiger partial charge is 0.459 e. The third-order valence-corrected chi connectivity index (χ3v) is 7.09. The highest BCUT2D eigenvalue weighted by Gasteiger charge is 2.57. The second-order valence-corrected chi connectivity index (χ2v) is 9.98. The molecule has 2 heterocycles. The van der Waals surface area contributed by atoms with Crippen LogP contribution in [0.4, 0.5) is 10.2 Å². The van der Waals surface area contributed by atoms with Crippen LogP contribution in [0, 0.1) is 0 Å². The summed E-state index contributed by atoms with van der Waals surface area (Å²) in [5.41, 5.74) is 4.51. The van der Waals surface area contributed by atoms with Crippen LogP contribution in [0.15, 0.2) is 47.4 Å². The zero-order valence-electron chi connectivity index (χ0n) is 17.1. The molecule has 1 aromatic carbocycles. The number of nitrogens with two attached hydrogens (primary N) is 1. The summed E-state index contributed by atoms with van der Waals surface area (Å²) in [4.78, 5) is 26.8. The van der Waals surface area contributed by atoms with Crippen molar-refractivity contribution in [3.8, 4) is 5.75 Å². The van der Waals surface area contributed by atoms with Crippen LogP contribution in [0.25, 0.3) is 0 Å². The Morgan fingerprint density at radius 3 is 2.73 bits per heavy atom. The van der Waals surface area contributed by atoms with Crippen molar-refractivity contribution in [2.24, 2.45) is 0 Å². The number of halogens is 2. The van der Waals surface area contributed by atoms with E-state index in [2.05, 4.69) is 26.0 Å². The van der Waals surface area contributed by atoms with Crippen molar-refractivity contribution in [3.05, 3.63) is 53.1 Å². The number of carboxylic acid groups (broad SMARTS) is 1. The number of rotatable bonds is 9. The highest BCUT2D eigenvalue weighted by Crippen LogP contribution is 2.49. The number of hydrogen-bond donors (Lipinski definition) is 4. The molecular weight excluding hydrogens is 530 g/mol. The van der Waals surface area contributed by atoms with Gasteiger partial charge in [-0.15, -0.1) is 0 Å². The topological polar surface area (TPSA) is 175 Å². The fraction of sp³-hybridized carbons (Fsp3) is 0.389. The number of aromatic nitrogens is 2. The second-order valence-electron chi connectivity index (χ2n) is 7.08. The first-order valence-electron chi connectivity index (χ1n) is 9.49. The quantitative estimate of drug-likeness (QED) is 0.262. The van der Waals surface area contributed by atoms with Crippen LogP contribution in [0.3, 0.4) is 0 Å². The van der Waals surface area contributed by atoms with E-state index in [1.807, 2.05) is 0 Å². The van der Waals surface area contributed by atoms with Gasteiger partial charge in [-0.3, -0.25) is 13.9 Å². The third-order valence-electron chi connectivity index (χ3n) is 4.58. The van der Waals surface area contributed by atoms with Crippen LogP contribution in [-0.4, -0.2) is 55.2 Å². The van der Waals surface area contributed by atoms with Crippen molar-refractivity contribution >= 4 is 35.5 Å². The summed E-state index contributed by atoms with van der Waals surface area (Å²) in [5.74, 6) is -1.31. The molecule has 15 heteroatoms. The van der Waals surface area contributed by atoms with Crippen LogP contribution in [0.5, 0.6) is 5.75 Å². The molecule has 1 saturated heterocycles. The maximum Gasteiger partial charge on any atom is 0.459 e. The van der Waals surface area contributed by atoms with E-state index < -0.39 is 55.1 Å². The van der Waals surface area contributed by atoms with Gasteiger partial charge in [0.1, 0.15) is 29.8 Å². The number of alkyl halides is 2. The van der Waals surface area contributed by atoms with Crippen molar-refractivity contribution in [3.63, 3.8) is 0 Å². The van der Waals surface area contributed by atoms with Gasteiger partial charge in [0.2, 0.25) is 4.58 Å². The van der Waals surface area contributed by atoms with E-state index >= 15 is 4.39 Å². The van der Waals surface area contributed by atoms with Gasteiger partial charge in [0.25, 0.3) is 0 Å². The number of para-hydroxylation sites is 1. The molecule has 0 spiro atoms. The van der Waals surface area contributed by atoms with Crippen molar-refractivity contribution < 1.29 is 37.7 Å². The van der Waals surface area contributed by atoms with E-state index in [1.165, 1.54) is 25.1 Å². The minimum Gasteiger partial charge on any atom is -0.480 e. The monoisotopic (exact) mass is 550 g/mol. The molecule has 0 aliphatic carbocycles. The maximum atomic E-state index is 15.2. The summed E-state index contributed by atoms with van der Waals surface area (Å²) in [6.45, 7) is 0.533. The molecule has 1 fully saturated rings. The Labute approximate surface area is 195 Å². The Morgan fingerprint density at radius 2 is 2.12 bits per heavy atom. The molecular formula is C18H21BrFN4O8P. The molecule has 1 aliphatic rings. The summed E-state index contributed by atoms with van der Waals surface area (Å²) >= 11 is 2.73. The Hall–Kier alpha value is -2.35. The number of aliphatic hydroxyl groups is 1. The van der Waals surface area contributed by atoms with Gasteiger partial charge in [0, 0.05) is 6.20 Å². The summed E-state index contributed by atoms with van der Waals surface area (Å²) in [6.07, 6.45) is -3.84.